The number of nitrogens with one attached hydrogen (secondary N) is 1. The minimum absolute atomic E-state index is 0.527. The smallest absolute Gasteiger partial charge is 0.0620 e. The van der Waals surface area contributed by atoms with Gasteiger partial charge in [0.05, 0.1) is 13.2 Å². The van der Waals surface area contributed by atoms with E-state index in [-0.39, 0.29) is 0 Å². The predicted molar refractivity (Wildman–Crippen MR) is 74.7 cm³/mol. The third kappa shape index (κ3) is 4.41. The van der Waals surface area contributed by atoms with Crippen LogP contribution in [0.25, 0.3) is 0 Å². The molecule has 1 unspecified atom stereocenters. The topological polar surface area (TPSA) is 24.5 Å². The Morgan fingerprint density at radius 3 is 3.06 bits per heavy atom. The van der Waals surface area contributed by atoms with Gasteiger partial charge in [-0.2, -0.15) is 0 Å². The summed E-state index contributed by atoms with van der Waals surface area (Å²) in [5, 5.41) is 3.50. The molecule has 0 bridgehead atoms. The molecule has 2 rings (SSSR count). The fraction of sp³-hybridized carbons (Fsp3) is 0.600. The standard InChI is InChI=1S/C15H24N2O/c1-13-4-3-5-14(10-13)11-17(2)8-6-15-12-18-9-7-16-15/h3-5,10,15-16H,6-9,11-12H2,1-2H3. The Bertz CT molecular complexity index is 361. The zero-order chi connectivity index (χ0) is 12.8. The van der Waals surface area contributed by atoms with Crippen molar-refractivity contribution in [1.82, 2.24) is 10.2 Å². The summed E-state index contributed by atoms with van der Waals surface area (Å²) >= 11 is 0. The minimum atomic E-state index is 0.527. The summed E-state index contributed by atoms with van der Waals surface area (Å²) in [6, 6.07) is 9.27. The summed E-state index contributed by atoms with van der Waals surface area (Å²) in [5.41, 5.74) is 2.73. The Hall–Kier alpha value is -0.900. The van der Waals surface area contributed by atoms with Gasteiger partial charge in [0.1, 0.15) is 0 Å². The zero-order valence-corrected chi connectivity index (χ0v) is 11.5. The maximum absolute atomic E-state index is 5.47. The first-order chi connectivity index (χ1) is 8.74. The predicted octanol–water partition coefficient (Wildman–Crippen LogP) is 1.81. The summed E-state index contributed by atoms with van der Waals surface area (Å²) < 4.78 is 5.47. The molecule has 1 fully saturated rings. The van der Waals surface area contributed by atoms with E-state index in [1.807, 2.05) is 0 Å². The Labute approximate surface area is 110 Å². The van der Waals surface area contributed by atoms with E-state index < -0.39 is 0 Å². The molecule has 1 saturated heterocycles. The first-order valence-electron chi connectivity index (χ1n) is 6.79. The third-order valence-electron chi connectivity index (χ3n) is 3.39. The molecule has 1 heterocycles. The molecule has 1 aliphatic heterocycles. The van der Waals surface area contributed by atoms with Crippen LogP contribution in [0.15, 0.2) is 24.3 Å². The average molecular weight is 248 g/mol. The van der Waals surface area contributed by atoms with E-state index in [0.29, 0.717) is 6.04 Å². The first-order valence-corrected chi connectivity index (χ1v) is 6.79. The summed E-state index contributed by atoms with van der Waals surface area (Å²) in [6.45, 7) is 6.98. The zero-order valence-electron chi connectivity index (χ0n) is 11.5. The van der Waals surface area contributed by atoms with Crippen LogP contribution in [0.3, 0.4) is 0 Å². The van der Waals surface area contributed by atoms with Crippen molar-refractivity contribution >= 4 is 0 Å². The van der Waals surface area contributed by atoms with Crippen LogP contribution in [-0.2, 0) is 11.3 Å². The molecule has 0 amide bonds. The molecule has 1 aromatic carbocycles. The lowest BCUT2D eigenvalue weighted by Crippen LogP contribution is -2.42. The maximum Gasteiger partial charge on any atom is 0.0620 e. The van der Waals surface area contributed by atoms with Crippen LogP contribution >= 0.6 is 0 Å². The highest BCUT2D eigenvalue weighted by molar-refractivity contribution is 5.21. The highest BCUT2D eigenvalue weighted by Gasteiger charge is 2.13. The molecule has 100 valence electrons. The summed E-state index contributed by atoms with van der Waals surface area (Å²) in [6.07, 6.45) is 1.16. The van der Waals surface area contributed by atoms with Gasteiger partial charge in [-0.1, -0.05) is 29.8 Å². The summed E-state index contributed by atoms with van der Waals surface area (Å²) in [4.78, 5) is 2.38. The fourth-order valence-corrected chi connectivity index (χ4v) is 2.38. The number of rotatable bonds is 5. The van der Waals surface area contributed by atoms with Gasteiger partial charge in [-0.3, -0.25) is 0 Å². The number of nitrogens with zero attached hydrogens (tertiary/aromatic N) is 1. The van der Waals surface area contributed by atoms with Gasteiger partial charge in [0.15, 0.2) is 0 Å². The van der Waals surface area contributed by atoms with E-state index in [1.54, 1.807) is 0 Å². The number of hydrogen-bond acceptors (Lipinski definition) is 3. The SMILES string of the molecule is Cc1cccc(CN(C)CCC2COCCN2)c1. The average Bonchev–Trinajstić information content (AvgIpc) is 2.38. The third-order valence-corrected chi connectivity index (χ3v) is 3.39. The molecule has 1 aromatic rings. The molecule has 0 aliphatic carbocycles. The van der Waals surface area contributed by atoms with Crippen molar-refractivity contribution in [3.63, 3.8) is 0 Å². The molecule has 3 nitrogen and oxygen atoms in total. The van der Waals surface area contributed by atoms with Gasteiger partial charge in [-0.25, -0.2) is 0 Å². The largest absolute Gasteiger partial charge is 0.379 e. The maximum atomic E-state index is 5.47. The van der Waals surface area contributed by atoms with Crippen molar-refractivity contribution in [2.24, 2.45) is 0 Å². The number of aryl methyl sites for hydroxylation is 1. The van der Waals surface area contributed by atoms with Crippen molar-refractivity contribution in [2.45, 2.75) is 25.9 Å². The lowest BCUT2D eigenvalue weighted by molar-refractivity contribution is 0.0708. The Kier molecular flexibility index (Phi) is 5.17. The second kappa shape index (κ2) is 6.88. The van der Waals surface area contributed by atoms with E-state index >= 15 is 0 Å². The monoisotopic (exact) mass is 248 g/mol. The lowest BCUT2D eigenvalue weighted by atomic mass is 10.1. The van der Waals surface area contributed by atoms with Gasteiger partial charge >= 0.3 is 0 Å². The van der Waals surface area contributed by atoms with Crippen molar-refractivity contribution in [3.8, 4) is 0 Å². The van der Waals surface area contributed by atoms with E-state index in [0.717, 1.165) is 39.3 Å². The molecule has 0 saturated carbocycles. The van der Waals surface area contributed by atoms with E-state index in [9.17, 15) is 0 Å². The second-order valence-corrected chi connectivity index (χ2v) is 5.24. The number of hydrogen-bond donors (Lipinski definition) is 1. The van der Waals surface area contributed by atoms with Crippen LogP contribution < -0.4 is 5.32 Å². The molecule has 0 radical (unpaired) electrons. The molecular formula is C15H24N2O. The van der Waals surface area contributed by atoms with Crippen LogP contribution in [0.1, 0.15) is 17.5 Å². The number of benzene rings is 1. The quantitative estimate of drug-likeness (QED) is 0.860. The molecule has 1 atom stereocenters. The molecule has 3 heteroatoms. The van der Waals surface area contributed by atoms with Crippen molar-refractivity contribution in [2.75, 3.05) is 33.4 Å². The molecule has 0 spiro atoms. The molecule has 1 N–H and O–H groups in total. The Balaban J connectivity index is 1.72. The number of ether oxygens (including phenoxy) is 1. The van der Waals surface area contributed by atoms with Crippen LogP contribution in [0.5, 0.6) is 0 Å². The van der Waals surface area contributed by atoms with Gasteiger partial charge in [0, 0.05) is 19.1 Å². The number of morpholine rings is 1. The Morgan fingerprint density at radius 1 is 1.44 bits per heavy atom. The molecule has 18 heavy (non-hydrogen) atoms. The second-order valence-electron chi connectivity index (χ2n) is 5.24. The van der Waals surface area contributed by atoms with Gasteiger partial charge in [-0.15, -0.1) is 0 Å². The van der Waals surface area contributed by atoms with Crippen molar-refractivity contribution in [3.05, 3.63) is 35.4 Å². The minimum Gasteiger partial charge on any atom is -0.379 e. The first kappa shape index (κ1) is 13.5. The van der Waals surface area contributed by atoms with Gasteiger partial charge in [-0.05, 0) is 32.5 Å². The summed E-state index contributed by atoms with van der Waals surface area (Å²) in [7, 11) is 2.19. The van der Waals surface area contributed by atoms with Gasteiger partial charge < -0.3 is 15.0 Å². The van der Waals surface area contributed by atoms with E-state index in [2.05, 4.69) is 48.5 Å². The van der Waals surface area contributed by atoms with Crippen LogP contribution in [0, 0.1) is 6.92 Å². The van der Waals surface area contributed by atoms with Crippen molar-refractivity contribution in [1.29, 1.82) is 0 Å². The van der Waals surface area contributed by atoms with Crippen LogP contribution in [-0.4, -0.2) is 44.3 Å². The van der Waals surface area contributed by atoms with E-state index in [4.69, 9.17) is 4.74 Å². The summed E-state index contributed by atoms with van der Waals surface area (Å²) in [5.74, 6) is 0. The van der Waals surface area contributed by atoms with Gasteiger partial charge in [0.2, 0.25) is 0 Å². The lowest BCUT2D eigenvalue weighted by Gasteiger charge is -2.26. The molecular weight excluding hydrogens is 224 g/mol. The van der Waals surface area contributed by atoms with Crippen molar-refractivity contribution < 1.29 is 4.74 Å². The molecule has 0 aromatic heterocycles. The molecule has 1 aliphatic rings. The highest BCUT2D eigenvalue weighted by atomic mass is 16.5. The highest BCUT2D eigenvalue weighted by Crippen LogP contribution is 2.08. The van der Waals surface area contributed by atoms with E-state index in [1.165, 1.54) is 11.1 Å². The fourth-order valence-electron chi connectivity index (χ4n) is 2.38. The normalized spacial score (nSPS) is 20.3. The van der Waals surface area contributed by atoms with Crippen LogP contribution in [0.4, 0.5) is 0 Å². The van der Waals surface area contributed by atoms with Crippen LogP contribution in [0.2, 0.25) is 0 Å². The van der Waals surface area contributed by atoms with Gasteiger partial charge in [0.25, 0.3) is 0 Å². The Morgan fingerprint density at radius 2 is 2.33 bits per heavy atom.